The summed E-state index contributed by atoms with van der Waals surface area (Å²) in [5.41, 5.74) is 2.38. The molecule has 0 saturated carbocycles. The van der Waals surface area contributed by atoms with E-state index in [2.05, 4.69) is 4.98 Å². The van der Waals surface area contributed by atoms with Crippen LogP contribution in [0.2, 0.25) is 0 Å². The highest BCUT2D eigenvalue weighted by atomic mass is 16.5. The molecule has 0 saturated heterocycles. The summed E-state index contributed by atoms with van der Waals surface area (Å²) < 4.78 is 10.8. The van der Waals surface area contributed by atoms with Crippen molar-refractivity contribution in [2.24, 2.45) is 0 Å². The number of likely N-dealkylation sites (N-methyl/N-ethyl adjacent to an activating group) is 1. The molecule has 3 aromatic rings. The number of benzene rings is 2. The number of aryl methyl sites for hydroxylation is 1. The van der Waals surface area contributed by atoms with Crippen LogP contribution >= 0.6 is 0 Å². The first-order valence-electron chi connectivity index (χ1n) is 9.30. The summed E-state index contributed by atoms with van der Waals surface area (Å²) >= 11 is 0. The van der Waals surface area contributed by atoms with E-state index < -0.39 is 5.56 Å². The molecule has 0 radical (unpaired) electrons. The lowest BCUT2D eigenvalue weighted by Gasteiger charge is -2.17. The molecule has 1 heterocycles. The second-order valence-electron chi connectivity index (χ2n) is 6.73. The van der Waals surface area contributed by atoms with Crippen molar-refractivity contribution in [2.75, 3.05) is 27.3 Å². The monoisotopic (exact) mass is 392 g/mol. The second-order valence-corrected chi connectivity index (χ2v) is 6.73. The zero-order chi connectivity index (χ0) is 20.8. The molecule has 0 aliphatic carbocycles. The Kier molecular flexibility index (Phi) is 6.34. The van der Waals surface area contributed by atoms with Gasteiger partial charge in [-0.15, -0.1) is 0 Å². The number of rotatable bonds is 7. The van der Waals surface area contributed by atoms with E-state index in [-0.39, 0.29) is 11.5 Å². The highest BCUT2D eigenvalue weighted by molar-refractivity contribution is 5.94. The van der Waals surface area contributed by atoms with Crippen molar-refractivity contribution in [1.29, 1.82) is 0 Å². The summed E-state index contributed by atoms with van der Waals surface area (Å²) in [4.78, 5) is 29.4. The molecule has 150 valence electrons. The van der Waals surface area contributed by atoms with Crippen LogP contribution in [0.25, 0.3) is 11.3 Å². The maximum Gasteiger partial charge on any atom is 0.261 e. The van der Waals surface area contributed by atoms with Gasteiger partial charge in [-0.1, -0.05) is 23.8 Å². The summed E-state index contributed by atoms with van der Waals surface area (Å²) in [5.74, 6) is 1.09. The average molecular weight is 392 g/mol. The quantitative estimate of drug-likeness (QED) is 0.668. The van der Waals surface area contributed by atoms with Crippen LogP contribution in [0.3, 0.4) is 0 Å². The molecule has 2 aromatic carbocycles. The molecule has 6 nitrogen and oxygen atoms in total. The van der Waals surface area contributed by atoms with Crippen LogP contribution in [0.4, 0.5) is 0 Å². The molecule has 0 aliphatic heterocycles. The number of hydrogen-bond acceptors (Lipinski definition) is 4. The number of carbonyl (C=O) groups excluding carboxylic acids is 1. The Bertz CT molecular complexity index is 1040. The zero-order valence-electron chi connectivity index (χ0n) is 16.8. The summed E-state index contributed by atoms with van der Waals surface area (Å²) in [6, 6.07) is 18.4. The smallest absolute Gasteiger partial charge is 0.261 e. The number of aromatic nitrogens is 1. The lowest BCUT2D eigenvalue weighted by Crippen LogP contribution is -2.34. The van der Waals surface area contributed by atoms with Crippen molar-refractivity contribution in [3.8, 4) is 22.8 Å². The van der Waals surface area contributed by atoms with Crippen LogP contribution < -0.4 is 15.0 Å². The van der Waals surface area contributed by atoms with Gasteiger partial charge in [0.1, 0.15) is 23.7 Å². The van der Waals surface area contributed by atoms with Gasteiger partial charge in [0.05, 0.1) is 13.7 Å². The fraction of sp³-hybridized carbons (Fsp3) is 0.217. The van der Waals surface area contributed by atoms with Crippen LogP contribution in [0.5, 0.6) is 11.5 Å². The van der Waals surface area contributed by atoms with Crippen LogP contribution in [0, 0.1) is 6.92 Å². The maximum absolute atomic E-state index is 12.6. The summed E-state index contributed by atoms with van der Waals surface area (Å²) in [6.45, 7) is 2.65. The number of nitrogens with one attached hydrogen (secondary N) is 1. The summed E-state index contributed by atoms with van der Waals surface area (Å²) in [5, 5.41) is 0. The SMILES string of the molecule is COc1ccc(OCCN(C)C(=O)c2ccc(-c3cccc(C)c3)[nH]c2=O)cc1. The van der Waals surface area contributed by atoms with E-state index in [0.29, 0.717) is 24.6 Å². The van der Waals surface area contributed by atoms with Crippen molar-refractivity contribution in [3.63, 3.8) is 0 Å². The van der Waals surface area contributed by atoms with Gasteiger partial charge in [0.25, 0.3) is 11.5 Å². The molecule has 0 bridgehead atoms. The topological polar surface area (TPSA) is 71.6 Å². The van der Waals surface area contributed by atoms with Crippen molar-refractivity contribution in [1.82, 2.24) is 9.88 Å². The number of methoxy groups -OCH3 is 1. The lowest BCUT2D eigenvalue weighted by atomic mass is 10.1. The van der Waals surface area contributed by atoms with E-state index in [1.165, 1.54) is 4.90 Å². The Balaban J connectivity index is 1.62. The van der Waals surface area contributed by atoms with Gasteiger partial charge < -0.3 is 19.4 Å². The molecule has 0 unspecified atom stereocenters. The Hall–Kier alpha value is -3.54. The minimum Gasteiger partial charge on any atom is -0.497 e. The minimum atomic E-state index is -0.406. The molecule has 1 aromatic heterocycles. The van der Waals surface area contributed by atoms with Gasteiger partial charge >= 0.3 is 0 Å². The van der Waals surface area contributed by atoms with Gasteiger partial charge in [0.15, 0.2) is 0 Å². The van der Waals surface area contributed by atoms with E-state index in [0.717, 1.165) is 16.9 Å². The molecular weight excluding hydrogens is 368 g/mol. The van der Waals surface area contributed by atoms with Crippen LogP contribution in [-0.2, 0) is 0 Å². The Morgan fingerprint density at radius 1 is 1.03 bits per heavy atom. The number of nitrogens with zero attached hydrogens (tertiary/aromatic N) is 1. The Labute approximate surface area is 169 Å². The third-order valence-electron chi connectivity index (χ3n) is 4.57. The fourth-order valence-electron chi connectivity index (χ4n) is 2.90. The number of aromatic amines is 1. The average Bonchev–Trinajstić information content (AvgIpc) is 2.73. The van der Waals surface area contributed by atoms with Crippen molar-refractivity contribution in [3.05, 3.63) is 82.1 Å². The minimum absolute atomic E-state index is 0.105. The van der Waals surface area contributed by atoms with Crippen LogP contribution in [-0.4, -0.2) is 43.1 Å². The highest BCUT2D eigenvalue weighted by Gasteiger charge is 2.16. The van der Waals surface area contributed by atoms with E-state index in [4.69, 9.17) is 9.47 Å². The number of H-pyrrole nitrogens is 1. The number of pyridine rings is 1. The first-order valence-corrected chi connectivity index (χ1v) is 9.30. The van der Waals surface area contributed by atoms with Crippen LogP contribution in [0.15, 0.2) is 65.5 Å². The Morgan fingerprint density at radius 3 is 2.41 bits per heavy atom. The Morgan fingerprint density at radius 2 is 1.76 bits per heavy atom. The number of hydrogen-bond donors (Lipinski definition) is 1. The standard InChI is InChI=1S/C23H24N2O4/c1-16-5-4-6-17(15-16)21-12-11-20(22(26)24-21)23(27)25(2)13-14-29-19-9-7-18(28-3)8-10-19/h4-12,15H,13-14H2,1-3H3,(H,24,26). The number of ether oxygens (including phenoxy) is 2. The second kappa shape index (κ2) is 9.10. The first-order chi connectivity index (χ1) is 14.0. The van der Waals surface area contributed by atoms with Gasteiger partial charge in [-0.05, 0) is 55.0 Å². The molecule has 1 amide bonds. The summed E-state index contributed by atoms with van der Waals surface area (Å²) in [7, 11) is 3.25. The van der Waals surface area contributed by atoms with Gasteiger partial charge in [-0.2, -0.15) is 0 Å². The highest BCUT2D eigenvalue weighted by Crippen LogP contribution is 2.18. The molecule has 29 heavy (non-hydrogen) atoms. The maximum atomic E-state index is 12.6. The van der Waals surface area contributed by atoms with E-state index in [9.17, 15) is 9.59 Å². The number of amides is 1. The predicted octanol–water partition coefficient (Wildman–Crippen LogP) is 3.51. The molecule has 0 spiro atoms. The predicted molar refractivity (Wildman–Crippen MR) is 113 cm³/mol. The van der Waals surface area contributed by atoms with E-state index in [1.807, 2.05) is 31.2 Å². The molecule has 1 N–H and O–H groups in total. The third-order valence-corrected chi connectivity index (χ3v) is 4.57. The molecular formula is C23H24N2O4. The van der Waals surface area contributed by atoms with E-state index >= 15 is 0 Å². The van der Waals surface area contributed by atoms with Crippen molar-refractivity contribution < 1.29 is 14.3 Å². The molecule has 0 atom stereocenters. The largest absolute Gasteiger partial charge is 0.497 e. The lowest BCUT2D eigenvalue weighted by molar-refractivity contribution is 0.0772. The van der Waals surface area contributed by atoms with Gasteiger partial charge in [-0.25, -0.2) is 0 Å². The molecule has 3 rings (SSSR count). The third kappa shape index (κ3) is 5.04. The molecule has 6 heteroatoms. The number of carbonyl (C=O) groups is 1. The van der Waals surface area contributed by atoms with Gasteiger partial charge in [0.2, 0.25) is 0 Å². The van der Waals surface area contributed by atoms with Gasteiger partial charge in [0, 0.05) is 12.7 Å². The molecule has 0 aliphatic rings. The first kappa shape index (κ1) is 20.2. The van der Waals surface area contributed by atoms with Gasteiger partial charge in [-0.3, -0.25) is 9.59 Å². The van der Waals surface area contributed by atoms with Crippen molar-refractivity contribution >= 4 is 5.91 Å². The van der Waals surface area contributed by atoms with Crippen LogP contribution in [0.1, 0.15) is 15.9 Å². The van der Waals surface area contributed by atoms with E-state index in [1.54, 1.807) is 50.6 Å². The normalized spacial score (nSPS) is 10.4. The fourth-order valence-corrected chi connectivity index (χ4v) is 2.90. The summed E-state index contributed by atoms with van der Waals surface area (Å²) in [6.07, 6.45) is 0. The molecule has 0 fully saturated rings. The van der Waals surface area contributed by atoms with Crippen molar-refractivity contribution in [2.45, 2.75) is 6.92 Å². The zero-order valence-corrected chi connectivity index (χ0v) is 16.8.